The van der Waals surface area contributed by atoms with Gasteiger partial charge in [-0.25, -0.2) is 0 Å². The Morgan fingerprint density at radius 3 is 2.81 bits per heavy atom. The van der Waals surface area contributed by atoms with Crippen LogP contribution in [0.5, 0.6) is 0 Å². The minimum Gasteiger partial charge on any atom is -0.301 e. The quantitative estimate of drug-likeness (QED) is 0.784. The summed E-state index contributed by atoms with van der Waals surface area (Å²) in [5.41, 5.74) is 1.56. The number of benzene rings is 1. The molecule has 88 valence electrons. The molecule has 1 aliphatic rings. The van der Waals surface area contributed by atoms with Gasteiger partial charge in [0.25, 0.3) is 0 Å². The third-order valence-electron chi connectivity index (χ3n) is 3.39. The Kier molecular flexibility index (Phi) is 3.93. The first-order valence-corrected chi connectivity index (χ1v) is 7.16. The zero-order valence-electron chi connectivity index (χ0n) is 10.4. The third kappa shape index (κ3) is 2.44. The van der Waals surface area contributed by atoms with E-state index in [0.29, 0.717) is 6.04 Å². The molecule has 0 amide bonds. The summed E-state index contributed by atoms with van der Waals surface area (Å²) in [6.45, 7) is 9.20. The van der Waals surface area contributed by atoms with Gasteiger partial charge in [-0.2, -0.15) is 0 Å². The number of likely N-dealkylation sites (N-methyl/N-ethyl adjacent to an activating group) is 1. The van der Waals surface area contributed by atoms with Crippen molar-refractivity contribution in [2.24, 2.45) is 0 Å². The van der Waals surface area contributed by atoms with Gasteiger partial charge in [0.1, 0.15) is 0 Å². The predicted molar refractivity (Wildman–Crippen MR) is 72.3 cm³/mol. The third-order valence-corrected chi connectivity index (χ3v) is 4.64. The summed E-state index contributed by atoms with van der Waals surface area (Å²) in [6, 6.07) is 9.53. The van der Waals surface area contributed by atoms with Gasteiger partial charge in [0, 0.05) is 29.2 Å². The second-order valence-corrected chi connectivity index (χ2v) is 5.79. The Morgan fingerprint density at radius 1 is 1.38 bits per heavy atom. The van der Waals surface area contributed by atoms with Crippen molar-refractivity contribution in [2.45, 2.75) is 37.6 Å². The highest BCUT2D eigenvalue weighted by atomic mass is 32.2. The molecule has 1 unspecified atom stereocenters. The molecule has 2 heteroatoms. The van der Waals surface area contributed by atoms with Gasteiger partial charge in [-0.15, -0.1) is 11.8 Å². The molecule has 1 aliphatic heterocycles. The highest BCUT2D eigenvalue weighted by Crippen LogP contribution is 2.39. The van der Waals surface area contributed by atoms with E-state index in [0.717, 1.165) is 12.5 Å². The average molecular weight is 235 g/mol. The van der Waals surface area contributed by atoms with Crippen molar-refractivity contribution in [2.75, 3.05) is 18.8 Å². The molecule has 0 radical (unpaired) electrons. The van der Waals surface area contributed by atoms with Crippen LogP contribution in [0.15, 0.2) is 29.2 Å². The zero-order chi connectivity index (χ0) is 11.5. The molecule has 0 fully saturated rings. The fourth-order valence-corrected chi connectivity index (χ4v) is 3.61. The van der Waals surface area contributed by atoms with Crippen LogP contribution >= 0.6 is 11.8 Å². The lowest BCUT2D eigenvalue weighted by molar-refractivity contribution is 0.224. The van der Waals surface area contributed by atoms with Crippen LogP contribution in [0.3, 0.4) is 0 Å². The molecule has 1 aromatic rings. The smallest absolute Gasteiger partial charge is 0.0108 e. The summed E-state index contributed by atoms with van der Waals surface area (Å²) >= 11 is 2.01. The lowest BCUT2D eigenvalue weighted by Crippen LogP contribution is -2.34. The van der Waals surface area contributed by atoms with Crippen LogP contribution in [0, 0.1) is 0 Å². The van der Waals surface area contributed by atoms with Gasteiger partial charge >= 0.3 is 0 Å². The second kappa shape index (κ2) is 5.24. The SMILES string of the molecule is CCN(CC1CSc2ccccc21)C(C)C. The Morgan fingerprint density at radius 2 is 2.12 bits per heavy atom. The van der Waals surface area contributed by atoms with Crippen molar-refractivity contribution in [3.05, 3.63) is 29.8 Å². The van der Waals surface area contributed by atoms with Crippen LogP contribution in [0.2, 0.25) is 0 Å². The van der Waals surface area contributed by atoms with Gasteiger partial charge in [0.05, 0.1) is 0 Å². The van der Waals surface area contributed by atoms with E-state index in [9.17, 15) is 0 Å². The highest BCUT2D eigenvalue weighted by molar-refractivity contribution is 7.99. The molecule has 0 N–H and O–H groups in total. The van der Waals surface area contributed by atoms with Crippen LogP contribution < -0.4 is 0 Å². The van der Waals surface area contributed by atoms with Crippen LogP contribution in [0.1, 0.15) is 32.3 Å². The van der Waals surface area contributed by atoms with Gasteiger partial charge in [-0.3, -0.25) is 0 Å². The maximum Gasteiger partial charge on any atom is 0.0108 e. The van der Waals surface area contributed by atoms with Gasteiger partial charge in [0.2, 0.25) is 0 Å². The van der Waals surface area contributed by atoms with Crippen molar-refractivity contribution < 1.29 is 0 Å². The van der Waals surface area contributed by atoms with Gasteiger partial charge in [-0.1, -0.05) is 25.1 Å². The van der Waals surface area contributed by atoms with Crippen molar-refractivity contribution in [1.82, 2.24) is 4.90 Å². The number of rotatable bonds is 4. The lowest BCUT2D eigenvalue weighted by atomic mass is 10.0. The van der Waals surface area contributed by atoms with Crippen LogP contribution in [0.25, 0.3) is 0 Å². The van der Waals surface area contributed by atoms with E-state index in [1.54, 1.807) is 5.56 Å². The van der Waals surface area contributed by atoms with Crippen molar-refractivity contribution in [3.63, 3.8) is 0 Å². The fraction of sp³-hybridized carbons (Fsp3) is 0.571. The molecule has 1 aromatic carbocycles. The van der Waals surface area contributed by atoms with E-state index in [-0.39, 0.29) is 0 Å². The molecule has 1 atom stereocenters. The Hall–Kier alpha value is -0.470. The molecule has 16 heavy (non-hydrogen) atoms. The van der Waals surface area contributed by atoms with Gasteiger partial charge in [0.15, 0.2) is 0 Å². The topological polar surface area (TPSA) is 3.24 Å². The molecule has 0 saturated heterocycles. The van der Waals surface area contributed by atoms with Gasteiger partial charge < -0.3 is 4.90 Å². The van der Waals surface area contributed by atoms with E-state index in [1.807, 2.05) is 11.8 Å². The van der Waals surface area contributed by atoms with Crippen molar-refractivity contribution in [3.8, 4) is 0 Å². The molecule has 0 spiro atoms. The average Bonchev–Trinajstić information content (AvgIpc) is 2.69. The first kappa shape index (κ1) is 12.0. The summed E-state index contributed by atoms with van der Waals surface area (Å²) in [5.74, 6) is 1.98. The zero-order valence-corrected chi connectivity index (χ0v) is 11.3. The maximum atomic E-state index is 2.56. The second-order valence-electron chi connectivity index (χ2n) is 4.73. The molecule has 1 nitrogen and oxygen atoms in total. The van der Waals surface area contributed by atoms with E-state index >= 15 is 0 Å². The van der Waals surface area contributed by atoms with E-state index in [2.05, 4.69) is 49.9 Å². The predicted octanol–water partition coefficient (Wildman–Crippen LogP) is 3.61. The first-order valence-electron chi connectivity index (χ1n) is 6.18. The monoisotopic (exact) mass is 235 g/mol. The largest absolute Gasteiger partial charge is 0.301 e. The number of thioether (sulfide) groups is 1. The van der Waals surface area contributed by atoms with Crippen LogP contribution in [0.4, 0.5) is 0 Å². The van der Waals surface area contributed by atoms with Crippen molar-refractivity contribution in [1.29, 1.82) is 0 Å². The van der Waals surface area contributed by atoms with Gasteiger partial charge in [-0.05, 0) is 32.0 Å². The maximum absolute atomic E-state index is 2.56. The van der Waals surface area contributed by atoms with E-state index in [4.69, 9.17) is 0 Å². The molecular formula is C14H21NS. The number of hydrogen-bond acceptors (Lipinski definition) is 2. The van der Waals surface area contributed by atoms with E-state index < -0.39 is 0 Å². The standard InChI is InChI=1S/C14H21NS/c1-4-15(11(2)3)9-12-10-16-14-8-6-5-7-13(12)14/h5-8,11-12H,4,9-10H2,1-3H3. The molecule has 1 heterocycles. The summed E-state index contributed by atoms with van der Waals surface area (Å²) in [5, 5.41) is 0. The Balaban J connectivity index is 2.08. The molecule has 0 saturated carbocycles. The minimum absolute atomic E-state index is 0.655. The van der Waals surface area contributed by atoms with Crippen molar-refractivity contribution >= 4 is 11.8 Å². The number of fused-ring (bicyclic) bond motifs is 1. The molecule has 0 aromatic heterocycles. The normalized spacial score (nSPS) is 19.4. The fourth-order valence-electron chi connectivity index (χ4n) is 2.37. The summed E-state index contributed by atoms with van der Waals surface area (Å²) in [7, 11) is 0. The molecular weight excluding hydrogens is 214 g/mol. The van der Waals surface area contributed by atoms with E-state index in [1.165, 1.54) is 17.2 Å². The lowest BCUT2D eigenvalue weighted by Gasteiger charge is -2.27. The molecule has 2 rings (SSSR count). The summed E-state index contributed by atoms with van der Waals surface area (Å²) in [6.07, 6.45) is 0. The number of nitrogens with zero attached hydrogens (tertiary/aromatic N) is 1. The summed E-state index contributed by atoms with van der Waals surface area (Å²) < 4.78 is 0. The Bertz CT molecular complexity index is 348. The summed E-state index contributed by atoms with van der Waals surface area (Å²) in [4.78, 5) is 4.06. The highest BCUT2D eigenvalue weighted by Gasteiger charge is 2.24. The first-order chi connectivity index (χ1) is 7.72. The molecule has 0 bridgehead atoms. The number of hydrogen-bond donors (Lipinski definition) is 0. The van der Waals surface area contributed by atoms with Crippen LogP contribution in [-0.2, 0) is 0 Å². The Labute approximate surface area is 103 Å². The van der Waals surface area contributed by atoms with Crippen LogP contribution in [-0.4, -0.2) is 29.8 Å². The minimum atomic E-state index is 0.655. The molecule has 0 aliphatic carbocycles.